The van der Waals surface area contributed by atoms with E-state index in [1.165, 1.54) is 11.6 Å². The van der Waals surface area contributed by atoms with Crippen molar-refractivity contribution in [2.24, 2.45) is 5.92 Å². The Hall–Kier alpha value is -1.32. The summed E-state index contributed by atoms with van der Waals surface area (Å²) in [7, 11) is 0. The first kappa shape index (κ1) is 16.1. The summed E-state index contributed by atoms with van der Waals surface area (Å²) >= 11 is 0. The van der Waals surface area contributed by atoms with Crippen LogP contribution in [0, 0.1) is 5.92 Å². The van der Waals surface area contributed by atoms with Gasteiger partial charge in [-0.05, 0) is 48.6 Å². The number of halogens is 4. The number of hydrogen-bond donors (Lipinski definition) is 0. The molecule has 0 aromatic heterocycles. The molecule has 1 aromatic rings. The lowest BCUT2D eigenvalue weighted by Crippen LogP contribution is -2.12. The van der Waals surface area contributed by atoms with E-state index in [2.05, 4.69) is 0 Å². The molecule has 0 aliphatic heterocycles. The van der Waals surface area contributed by atoms with Crippen LogP contribution in [-0.4, -0.2) is 6.18 Å². The largest absolute Gasteiger partial charge is 0.392 e. The lowest BCUT2D eigenvalue weighted by Gasteiger charge is -2.27. The Labute approximate surface area is 122 Å². The minimum atomic E-state index is -4.11. The van der Waals surface area contributed by atoms with Crippen molar-refractivity contribution in [2.45, 2.75) is 50.9 Å². The van der Waals surface area contributed by atoms with E-state index in [-0.39, 0.29) is 5.92 Å². The third-order valence-corrected chi connectivity index (χ3v) is 4.13. The molecule has 1 fully saturated rings. The van der Waals surface area contributed by atoms with Gasteiger partial charge in [-0.1, -0.05) is 36.4 Å². The molecule has 0 bridgehead atoms. The second-order valence-corrected chi connectivity index (χ2v) is 5.73. The van der Waals surface area contributed by atoms with Crippen molar-refractivity contribution >= 4 is 0 Å². The maximum atomic E-state index is 12.5. The fourth-order valence-electron chi connectivity index (χ4n) is 2.92. The van der Waals surface area contributed by atoms with E-state index >= 15 is 0 Å². The molecule has 0 radical (unpaired) electrons. The van der Waals surface area contributed by atoms with Gasteiger partial charge >= 0.3 is 6.18 Å². The molecule has 116 valence electrons. The van der Waals surface area contributed by atoms with Crippen LogP contribution in [0.2, 0.25) is 0 Å². The molecule has 1 aliphatic rings. The van der Waals surface area contributed by atoms with Crippen molar-refractivity contribution in [1.29, 1.82) is 0 Å². The minimum Gasteiger partial charge on any atom is -0.246 e. The summed E-state index contributed by atoms with van der Waals surface area (Å²) in [6.45, 7) is -0.447. The molecule has 1 aromatic carbocycles. The molecule has 21 heavy (non-hydrogen) atoms. The van der Waals surface area contributed by atoms with Crippen molar-refractivity contribution in [2.75, 3.05) is 0 Å². The van der Waals surface area contributed by atoms with Crippen molar-refractivity contribution in [3.05, 3.63) is 47.5 Å². The van der Waals surface area contributed by atoms with Gasteiger partial charge in [-0.2, -0.15) is 13.2 Å². The summed E-state index contributed by atoms with van der Waals surface area (Å²) in [6, 6.07) is 7.56. The molecule has 1 aliphatic carbocycles. The van der Waals surface area contributed by atoms with Gasteiger partial charge in [-0.25, -0.2) is 4.39 Å². The molecule has 0 N–H and O–H groups in total. The van der Waals surface area contributed by atoms with Crippen LogP contribution < -0.4 is 0 Å². The Morgan fingerprint density at radius 3 is 2.14 bits per heavy atom. The summed E-state index contributed by atoms with van der Waals surface area (Å²) in [4.78, 5) is 0. The summed E-state index contributed by atoms with van der Waals surface area (Å²) in [5, 5.41) is 0. The summed E-state index contributed by atoms with van der Waals surface area (Å²) in [5.74, 6) is 0.708. The first-order chi connectivity index (χ1) is 9.98. The second-order valence-electron chi connectivity index (χ2n) is 5.73. The van der Waals surface area contributed by atoms with Gasteiger partial charge in [-0.3, -0.25) is 0 Å². The number of benzene rings is 1. The third kappa shape index (κ3) is 5.18. The highest BCUT2D eigenvalue weighted by atomic mass is 19.4. The Balaban J connectivity index is 1.82. The average Bonchev–Trinajstić information content (AvgIpc) is 2.47. The molecule has 1 saturated carbocycles. The van der Waals surface area contributed by atoms with Crippen molar-refractivity contribution in [3.63, 3.8) is 0 Å². The first-order valence-corrected chi connectivity index (χ1v) is 7.36. The van der Waals surface area contributed by atoms with E-state index in [0.717, 1.165) is 25.7 Å². The molecule has 0 unspecified atom stereocenters. The van der Waals surface area contributed by atoms with Crippen LogP contribution in [0.3, 0.4) is 0 Å². The number of rotatable bonds is 4. The monoisotopic (exact) mass is 300 g/mol. The standard InChI is InChI=1S/C17H20F4/c18-12-14-5-9-16(10-6-14)15-7-3-13(4-8-15)2-1-11-17(19,20)21/h1-2,5-6,9-10,13,15H,3-4,7-8,11-12H2/b2-1+/t13-,15-. The predicted octanol–water partition coefficient (Wildman–Crippen LogP) is 5.94. The lowest BCUT2D eigenvalue weighted by atomic mass is 9.78. The minimum absolute atomic E-state index is 0.258. The highest BCUT2D eigenvalue weighted by Gasteiger charge is 2.25. The van der Waals surface area contributed by atoms with Gasteiger partial charge in [0.25, 0.3) is 0 Å². The van der Waals surface area contributed by atoms with Gasteiger partial charge in [-0.15, -0.1) is 0 Å². The third-order valence-electron chi connectivity index (χ3n) is 4.13. The van der Waals surface area contributed by atoms with Crippen molar-refractivity contribution in [3.8, 4) is 0 Å². The first-order valence-electron chi connectivity index (χ1n) is 7.36. The van der Waals surface area contributed by atoms with Crippen LogP contribution in [0.5, 0.6) is 0 Å². The zero-order valence-electron chi connectivity index (χ0n) is 11.9. The molecule has 4 heteroatoms. The van der Waals surface area contributed by atoms with E-state index in [4.69, 9.17) is 0 Å². The van der Waals surface area contributed by atoms with Crippen LogP contribution in [-0.2, 0) is 6.67 Å². The van der Waals surface area contributed by atoms with Gasteiger partial charge < -0.3 is 0 Å². The van der Waals surface area contributed by atoms with Gasteiger partial charge in [0.2, 0.25) is 0 Å². The van der Waals surface area contributed by atoms with E-state index in [0.29, 0.717) is 11.5 Å². The van der Waals surface area contributed by atoms with Crippen LogP contribution in [0.1, 0.15) is 49.1 Å². The topological polar surface area (TPSA) is 0 Å². The quantitative estimate of drug-likeness (QED) is 0.477. The molecule has 0 saturated heterocycles. The van der Waals surface area contributed by atoms with Crippen LogP contribution in [0.4, 0.5) is 17.6 Å². The van der Waals surface area contributed by atoms with Crippen LogP contribution in [0.25, 0.3) is 0 Å². The molecular weight excluding hydrogens is 280 g/mol. The summed E-state index contributed by atoms with van der Waals surface area (Å²) in [6.07, 6.45) is 1.83. The van der Waals surface area contributed by atoms with Crippen LogP contribution >= 0.6 is 0 Å². The van der Waals surface area contributed by atoms with Gasteiger partial charge in [0.1, 0.15) is 6.67 Å². The van der Waals surface area contributed by atoms with Crippen molar-refractivity contribution in [1.82, 2.24) is 0 Å². The highest BCUT2D eigenvalue weighted by molar-refractivity contribution is 5.25. The molecule has 0 heterocycles. The molecule has 0 nitrogen and oxygen atoms in total. The molecule has 0 atom stereocenters. The molecule has 0 spiro atoms. The fraction of sp³-hybridized carbons (Fsp3) is 0.529. The maximum absolute atomic E-state index is 12.5. The van der Waals surface area contributed by atoms with Gasteiger partial charge in [0.05, 0.1) is 6.42 Å². The lowest BCUT2D eigenvalue weighted by molar-refractivity contribution is -0.125. The SMILES string of the molecule is FCc1ccc([C@H]2CC[C@H](/C=C/CC(F)(F)F)CC2)cc1. The van der Waals surface area contributed by atoms with E-state index < -0.39 is 19.3 Å². The molecule has 0 amide bonds. The normalized spacial score (nSPS) is 23.6. The van der Waals surface area contributed by atoms with Gasteiger partial charge in [0.15, 0.2) is 0 Å². The Kier molecular flexibility index (Phi) is 5.43. The number of allylic oxidation sites excluding steroid dienone is 2. The van der Waals surface area contributed by atoms with Crippen LogP contribution in [0.15, 0.2) is 36.4 Å². The smallest absolute Gasteiger partial charge is 0.246 e. The predicted molar refractivity (Wildman–Crippen MR) is 75.8 cm³/mol. The summed E-state index contributed by atoms with van der Waals surface area (Å²) < 4.78 is 48.7. The molecule has 2 rings (SSSR count). The Morgan fingerprint density at radius 1 is 1.00 bits per heavy atom. The second kappa shape index (κ2) is 7.10. The maximum Gasteiger partial charge on any atom is 0.392 e. The number of alkyl halides is 4. The van der Waals surface area contributed by atoms with E-state index in [9.17, 15) is 17.6 Å². The van der Waals surface area contributed by atoms with Gasteiger partial charge in [0, 0.05) is 0 Å². The highest BCUT2D eigenvalue weighted by Crippen LogP contribution is 2.36. The zero-order valence-corrected chi connectivity index (χ0v) is 11.9. The fourth-order valence-corrected chi connectivity index (χ4v) is 2.92. The summed E-state index contributed by atoms with van der Waals surface area (Å²) in [5.41, 5.74) is 1.90. The number of hydrogen-bond acceptors (Lipinski definition) is 0. The average molecular weight is 300 g/mol. The Morgan fingerprint density at radius 2 is 1.62 bits per heavy atom. The zero-order chi connectivity index (χ0) is 15.3. The Bertz CT molecular complexity index is 451. The van der Waals surface area contributed by atoms with E-state index in [1.807, 2.05) is 24.3 Å². The molecular formula is C17H20F4. The van der Waals surface area contributed by atoms with E-state index in [1.54, 1.807) is 6.08 Å². The van der Waals surface area contributed by atoms with Crippen molar-refractivity contribution < 1.29 is 17.6 Å².